The summed E-state index contributed by atoms with van der Waals surface area (Å²) < 4.78 is 0.739. The van der Waals surface area contributed by atoms with E-state index in [2.05, 4.69) is 26.7 Å². The molecule has 3 aromatic rings. The van der Waals surface area contributed by atoms with E-state index in [1.54, 1.807) is 54.6 Å². The van der Waals surface area contributed by atoms with Crippen molar-refractivity contribution in [2.24, 2.45) is 0 Å². The third-order valence-corrected chi connectivity index (χ3v) is 4.96. The molecule has 6 nitrogen and oxygen atoms in total. The lowest BCUT2D eigenvalue weighted by atomic mass is 10.0. The van der Waals surface area contributed by atoms with E-state index in [4.69, 9.17) is 0 Å². The number of rotatable bonds is 3. The molecule has 0 aromatic heterocycles. The third kappa shape index (κ3) is 3.32. The molecule has 0 fully saturated rings. The fraction of sp³-hybridized carbons (Fsp3) is 0.0476. The molecular weight excluding hydrogens is 422 g/mol. The number of nitrogens with zero attached hydrogens (tertiary/aromatic N) is 1. The molecule has 0 radical (unpaired) electrons. The van der Waals surface area contributed by atoms with E-state index < -0.39 is 12.1 Å². The number of halogens is 1. The van der Waals surface area contributed by atoms with Gasteiger partial charge in [-0.3, -0.25) is 15.0 Å². The summed E-state index contributed by atoms with van der Waals surface area (Å²) in [6.45, 7) is 0. The van der Waals surface area contributed by atoms with Crippen LogP contribution in [0.2, 0.25) is 0 Å². The standard InChI is InChI=1S/C21H16BrN3O3/c22-14-10-11-18(26)16(12-14)19-23-17-9-5-4-8-15(17)21(28)25(19)24-20(27)13-6-2-1-3-7-13/h1-12,19,23,26H,(H,24,27)/t19-/m0/s1. The topological polar surface area (TPSA) is 81.7 Å². The second-order valence-electron chi connectivity index (χ2n) is 6.28. The normalized spacial score (nSPS) is 15.5. The highest BCUT2D eigenvalue weighted by atomic mass is 79.9. The summed E-state index contributed by atoms with van der Waals surface area (Å²) in [6.07, 6.45) is -0.785. The fourth-order valence-electron chi connectivity index (χ4n) is 3.09. The van der Waals surface area contributed by atoms with Crippen molar-refractivity contribution in [3.8, 4) is 5.75 Å². The maximum atomic E-state index is 13.1. The molecular formula is C21H16BrN3O3. The molecule has 7 heteroatoms. The zero-order valence-electron chi connectivity index (χ0n) is 14.6. The van der Waals surface area contributed by atoms with E-state index in [1.165, 1.54) is 11.1 Å². The first-order valence-electron chi connectivity index (χ1n) is 8.58. The van der Waals surface area contributed by atoms with Crippen molar-refractivity contribution >= 4 is 33.4 Å². The Labute approximate surface area is 169 Å². The molecule has 3 N–H and O–H groups in total. The van der Waals surface area contributed by atoms with Crippen LogP contribution >= 0.6 is 15.9 Å². The number of anilines is 1. The van der Waals surface area contributed by atoms with E-state index in [1.807, 2.05) is 12.1 Å². The minimum Gasteiger partial charge on any atom is -0.508 e. The predicted octanol–water partition coefficient (Wildman–Crippen LogP) is 4.07. The summed E-state index contributed by atoms with van der Waals surface area (Å²) in [5.74, 6) is -0.788. The Kier molecular flexibility index (Phi) is 4.75. The van der Waals surface area contributed by atoms with Crippen LogP contribution in [0.1, 0.15) is 32.4 Å². The van der Waals surface area contributed by atoms with Crippen molar-refractivity contribution in [2.75, 3.05) is 5.32 Å². The Morgan fingerprint density at radius 2 is 1.75 bits per heavy atom. The number of benzene rings is 3. The summed E-state index contributed by atoms with van der Waals surface area (Å²) in [6, 6.07) is 20.6. The highest BCUT2D eigenvalue weighted by Gasteiger charge is 2.35. The van der Waals surface area contributed by atoms with Gasteiger partial charge in [0.25, 0.3) is 11.8 Å². The van der Waals surface area contributed by atoms with Gasteiger partial charge in [0.1, 0.15) is 5.75 Å². The van der Waals surface area contributed by atoms with Crippen molar-refractivity contribution in [1.29, 1.82) is 0 Å². The fourth-order valence-corrected chi connectivity index (χ4v) is 3.47. The van der Waals surface area contributed by atoms with Crippen molar-refractivity contribution in [2.45, 2.75) is 6.17 Å². The van der Waals surface area contributed by atoms with Crippen LogP contribution in [0.3, 0.4) is 0 Å². The minimum atomic E-state index is -0.785. The number of aromatic hydroxyl groups is 1. The lowest BCUT2D eigenvalue weighted by molar-refractivity contribution is 0.0488. The second-order valence-corrected chi connectivity index (χ2v) is 7.19. The lowest BCUT2D eigenvalue weighted by Crippen LogP contribution is -2.52. The molecule has 0 spiro atoms. The monoisotopic (exact) mass is 437 g/mol. The number of para-hydroxylation sites is 1. The molecule has 4 rings (SSSR count). The van der Waals surface area contributed by atoms with E-state index >= 15 is 0 Å². The molecule has 0 bridgehead atoms. The Bertz CT molecular complexity index is 1060. The third-order valence-electron chi connectivity index (χ3n) is 4.47. The van der Waals surface area contributed by atoms with Gasteiger partial charge in [-0.15, -0.1) is 0 Å². The molecule has 0 unspecified atom stereocenters. The Balaban J connectivity index is 1.76. The van der Waals surface area contributed by atoms with Crippen LogP contribution in [-0.4, -0.2) is 21.9 Å². The van der Waals surface area contributed by atoms with Gasteiger partial charge in [-0.05, 0) is 42.5 Å². The molecule has 140 valence electrons. The number of nitrogens with one attached hydrogen (secondary N) is 2. The molecule has 1 aliphatic heterocycles. The Hall–Kier alpha value is -3.32. The number of hydrogen-bond donors (Lipinski definition) is 3. The lowest BCUT2D eigenvalue weighted by Gasteiger charge is -2.38. The highest BCUT2D eigenvalue weighted by Crippen LogP contribution is 2.36. The number of phenolic OH excluding ortho intramolecular Hbond substituents is 1. The van der Waals surface area contributed by atoms with Crippen LogP contribution in [0.4, 0.5) is 5.69 Å². The quantitative estimate of drug-likeness (QED) is 0.576. The maximum absolute atomic E-state index is 13.1. The van der Waals surface area contributed by atoms with E-state index in [9.17, 15) is 14.7 Å². The van der Waals surface area contributed by atoms with Gasteiger partial charge in [-0.1, -0.05) is 46.3 Å². The van der Waals surface area contributed by atoms with Gasteiger partial charge in [0, 0.05) is 21.3 Å². The Morgan fingerprint density at radius 3 is 2.54 bits per heavy atom. The minimum absolute atomic E-state index is 0.00633. The maximum Gasteiger partial charge on any atom is 0.276 e. The number of hydrogen-bond acceptors (Lipinski definition) is 4. The van der Waals surface area contributed by atoms with Gasteiger partial charge in [0.15, 0.2) is 6.17 Å². The van der Waals surface area contributed by atoms with Gasteiger partial charge >= 0.3 is 0 Å². The Morgan fingerprint density at radius 1 is 1.04 bits per heavy atom. The molecule has 2 amide bonds. The van der Waals surface area contributed by atoms with Crippen molar-refractivity contribution in [3.05, 3.63) is 94.0 Å². The molecule has 0 saturated carbocycles. The molecule has 0 saturated heterocycles. The summed E-state index contributed by atoms with van der Waals surface area (Å²) in [4.78, 5) is 25.8. The smallest absolute Gasteiger partial charge is 0.276 e. The van der Waals surface area contributed by atoms with E-state index in [-0.39, 0.29) is 11.7 Å². The van der Waals surface area contributed by atoms with E-state index in [0.717, 1.165) is 4.47 Å². The van der Waals surface area contributed by atoms with Crippen molar-refractivity contribution in [3.63, 3.8) is 0 Å². The number of fused-ring (bicyclic) bond motifs is 1. The molecule has 28 heavy (non-hydrogen) atoms. The zero-order chi connectivity index (χ0) is 19.7. The van der Waals surface area contributed by atoms with Gasteiger partial charge < -0.3 is 10.4 Å². The predicted molar refractivity (Wildman–Crippen MR) is 109 cm³/mol. The van der Waals surface area contributed by atoms with Crippen molar-refractivity contribution < 1.29 is 14.7 Å². The molecule has 1 atom stereocenters. The SMILES string of the molecule is O=C(NN1C(=O)c2ccccc2N[C@@H]1c1cc(Br)ccc1O)c1ccccc1. The first-order chi connectivity index (χ1) is 13.5. The van der Waals surface area contributed by atoms with E-state index in [0.29, 0.717) is 22.4 Å². The number of carbonyl (C=O) groups excluding carboxylic acids is 2. The average molecular weight is 438 g/mol. The van der Waals surface area contributed by atoms with Gasteiger partial charge in [-0.2, -0.15) is 0 Å². The summed E-state index contributed by atoms with van der Waals surface area (Å²) in [5, 5.41) is 14.8. The van der Waals surface area contributed by atoms with Crippen LogP contribution in [0.25, 0.3) is 0 Å². The summed E-state index contributed by atoms with van der Waals surface area (Å²) >= 11 is 3.39. The van der Waals surface area contributed by atoms with Crippen molar-refractivity contribution in [1.82, 2.24) is 10.4 Å². The van der Waals surface area contributed by atoms with Crippen LogP contribution in [0.5, 0.6) is 5.75 Å². The molecule has 1 aliphatic rings. The number of amides is 2. The van der Waals surface area contributed by atoms with Crippen LogP contribution in [-0.2, 0) is 0 Å². The molecule has 1 heterocycles. The van der Waals surface area contributed by atoms with Crippen LogP contribution in [0.15, 0.2) is 77.3 Å². The highest BCUT2D eigenvalue weighted by molar-refractivity contribution is 9.10. The van der Waals surface area contributed by atoms with Gasteiger partial charge in [0.05, 0.1) is 5.56 Å². The largest absolute Gasteiger partial charge is 0.508 e. The zero-order valence-corrected chi connectivity index (χ0v) is 16.2. The number of hydrazine groups is 1. The summed E-state index contributed by atoms with van der Waals surface area (Å²) in [5.41, 5.74) is 4.61. The first kappa shape index (κ1) is 18.1. The summed E-state index contributed by atoms with van der Waals surface area (Å²) in [7, 11) is 0. The average Bonchev–Trinajstić information content (AvgIpc) is 2.72. The molecule has 0 aliphatic carbocycles. The second kappa shape index (κ2) is 7.36. The molecule has 3 aromatic carbocycles. The number of phenols is 1. The van der Waals surface area contributed by atoms with Crippen LogP contribution < -0.4 is 10.7 Å². The van der Waals surface area contributed by atoms with Crippen LogP contribution in [0, 0.1) is 0 Å². The van der Waals surface area contributed by atoms with Gasteiger partial charge in [0.2, 0.25) is 0 Å². The van der Waals surface area contributed by atoms with Gasteiger partial charge in [-0.25, -0.2) is 5.01 Å². The number of carbonyl (C=O) groups is 2. The first-order valence-corrected chi connectivity index (χ1v) is 9.37.